The minimum absolute atomic E-state index is 0.0147. The monoisotopic (exact) mass is 297 g/mol. The fraction of sp³-hybridized carbons (Fsp3) is 0.417. The average Bonchev–Trinajstić information content (AvgIpc) is 3.02. The van der Waals surface area contributed by atoms with Crippen LogP contribution in [0.1, 0.15) is 17.6 Å². The van der Waals surface area contributed by atoms with E-state index in [1.807, 2.05) is 17.6 Å². The largest absolute Gasteiger partial charge is 0.481 e. The first-order valence-electron chi connectivity index (χ1n) is 5.99. The molecule has 0 spiro atoms. The molecule has 0 saturated carbocycles. The minimum atomic E-state index is -0.837. The number of aryl methyl sites for hydroxylation is 2. The molecule has 1 N–H and O–H groups in total. The Bertz CT molecular complexity index is 537. The Hall–Kier alpha value is -1.34. The fourth-order valence-corrected chi connectivity index (χ4v) is 3.12. The predicted octanol–water partition coefficient (Wildman–Crippen LogP) is 2.32. The number of carboxylic acid groups (broad SMARTS) is 1. The van der Waals surface area contributed by atoms with Gasteiger partial charge in [-0.3, -0.25) is 4.79 Å². The van der Waals surface area contributed by atoms with Crippen molar-refractivity contribution in [3.63, 3.8) is 0 Å². The first-order valence-corrected chi connectivity index (χ1v) is 7.86. The van der Waals surface area contributed by atoms with Gasteiger partial charge in [-0.15, -0.1) is 21.5 Å². The van der Waals surface area contributed by atoms with E-state index in [9.17, 15) is 4.79 Å². The number of aliphatic carboxylic acids is 1. The van der Waals surface area contributed by atoms with Crippen LogP contribution in [-0.2, 0) is 24.2 Å². The number of thiophene rings is 1. The maximum atomic E-state index is 10.6. The van der Waals surface area contributed by atoms with Gasteiger partial charge in [-0.1, -0.05) is 24.8 Å². The van der Waals surface area contributed by atoms with Crippen LogP contribution in [0, 0.1) is 0 Å². The molecule has 0 unspecified atom stereocenters. The Balaban J connectivity index is 2.07. The van der Waals surface area contributed by atoms with Gasteiger partial charge in [-0.2, -0.15) is 0 Å². The predicted molar refractivity (Wildman–Crippen MR) is 75.8 cm³/mol. The Morgan fingerprint density at radius 2 is 2.37 bits per heavy atom. The van der Waals surface area contributed by atoms with Gasteiger partial charge in [0.2, 0.25) is 0 Å². The molecule has 5 nitrogen and oxygen atoms in total. The molecule has 2 rings (SSSR count). The third-order valence-corrected chi connectivity index (χ3v) is 4.48. The molecule has 19 heavy (non-hydrogen) atoms. The van der Waals surface area contributed by atoms with Crippen LogP contribution in [0.25, 0.3) is 0 Å². The van der Waals surface area contributed by atoms with Crippen molar-refractivity contribution in [2.24, 2.45) is 0 Å². The second kappa shape index (κ2) is 6.72. The minimum Gasteiger partial charge on any atom is -0.481 e. The lowest BCUT2D eigenvalue weighted by Crippen LogP contribution is -2.08. The molecule has 2 aromatic heterocycles. The highest BCUT2D eigenvalue weighted by molar-refractivity contribution is 7.99. The summed E-state index contributed by atoms with van der Waals surface area (Å²) in [5.74, 6) is 0.0845. The molecular formula is C12H15N3O2S2. The second-order valence-electron chi connectivity index (χ2n) is 3.92. The number of thioether (sulfide) groups is 1. The van der Waals surface area contributed by atoms with E-state index in [4.69, 9.17) is 5.11 Å². The van der Waals surface area contributed by atoms with Gasteiger partial charge >= 0.3 is 5.97 Å². The van der Waals surface area contributed by atoms with Crippen molar-refractivity contribution in [3.8, 4) is 0 Å². The Labute approximate surface area is 119 Å². The first-order chi connectivity index (χ1) is 9.20. The number of rotatable bonds is 7. The Morgan fingerprint density at radius 1 is 1.53 bits per heavy atom. The molecule has 2 aromatic rings. The number of nitrogens with zero attached hydrogens (tertiary/aromatic N) is 3. The average molecular weight is 297 g/mol. The van der Waals surface area contributed by atoms with E-state index in [-0.39, 0.29) is 5.75 Å². The van der Waals surface area contributed by atoms with Gasteiger partial charge in [0.15, 0.2) is 5.16 Å². The van der Waals surface area contributed by atoms with Crippen molar-refractivity contribution in [3.05, 3.63) is 28.2 Å². The highest BCUT2D eigenvalue weighted by atomic mass is 32.2. The highest BCUT2D eigenvalue weighted by Crippen LogP contribution is 2.19. The van der Waals surface area contributed by atoms with Crippen LogP contribution in [0.4, 0.5) is 0 Å². The molecule has 0 aliphatic rings. The van der Waals surface area contributed by atoms with Crippen molar-refractivity contribution in [2.75, 3.05) is 5.75 Å². The van der Waals surface area contributed by atoms with E-state index >= 15 is 0 Å². The molecule has 7 heteroatoms. The summed E-state index contributed by atoms with van der Waals surface area (Å²) in [5.41, 5.74) is 0. The van der Waals surface area contributed by atoms with Crippen molar-refractivity contribution in [1.29, 1.82) is 0 Å². The van der Waals surface area contributed by atoms with Crippen molar-refractivity contribution >= 4 is 29.1 Å². The van der Waals surface area contributed by atoms with Gasteiger partial charge in [0, 0.05) is 17.8 Å². The normalized spacial score (nSPS) is 10.8. The zero-order chi connectivity index (χ0) is 13.7. The molecule has 102 valence electrons. The summed E-state index contributed by atoms with van der Waals surface area (Å²) < 4.78 is 2.02. The molecule has 0 radical (unpaired) electrons. The van der Waals surface area contributed by atoms with Crippen LogP contribution >= 0.6 is 23.1 Å². The van der Waals surface area contributed by atoms with E-state index in [1.165, 1.54) is 16.6 Å². The third-order valence-electron chi connectivity index (χ3n) is 2.60. The maximum absolute atomic E-state index is 10.6. The van der Waals surface area contributed by atoms with Gasteiger partial charge in [0.1, 0.15) is 5.82 Å². The molecule has 0 atom stereocenters. The summed E-state index contributed by atoms with van der Waals surface area (Å²) in [6.45, 7) is 2.82. The smallest absolute Gasteiger partial charge is 0.313 e. The third kappa shape index (κ3) is 3.81. The van der Waals surface area contributed by atoms with Crippen LogP contribution in [-0.4, -0.2) is 31.6 Å². The Kier molecular flexibility index (Phi) is 4.98. The number of carboxylic acids is 1. The van der Waals surface area contributed by atoms with Gasteiger partial charge in [0.25, 0.3) is 0 Å². The summed E-state index contributed by atoms with van der Waals surface area (Å²) in [6.07, 6.45) is 1.72. The lowest BCUT2D eigenvalue weighted by molar-refractivity contribution is -0.133. The van der Waals surface area contributed by atoms with Crippen LogP contribution in [0.5, 0.6) is 0 Å². The molecule has 0 bridgehead atoms. The van der Waals surface area contributed by atoms with Crippen LogP contribution in [0.15, 0.2) is 22.7 Å². The lowest BCUT2D eigenvalue weighted by atomic mass is 10.3. The Morgan fingerprint density at radius 3 is 3.00 bits per heavy atom. The van der Waals surface area contributed by atoms with Crippen molar-refractivity contribution < 1.29 is 9.90 Å². The number of hydrogen-bond acceptors (Lipinski definition) is 5. The molecule has 0 saturated heterocycles. The maximum Gasteiger partial charge on any atom is 0.313 e. The first kappa shape index (κ1) is 14.1. The molecule has 0 fully saturated rings. The van der Waals surface area contributed by atoms with Crippen LogP contribution in [0.3, 0.4) is 0 Å². The molecule has 0 aliphatic carbocycles. The summed E-state index contributed by atoms with van der Waals surface area (Å²) in [4.78, 5) is 11.9. The van der Waals surface area contributed by atoms with Gasteiger partial charge in [0.05, 0.1) is 5.75 Å². The summed E-state index contributed by atoms with van der Waals surface area (Å²) in [5, 5.41) is 19.7. The summed E-state index contributed by atoms with van der Waals surface area (Å²) in [7, 11) is 0. The molecular weight excluding hydrogens is 282 g/mol. The van der Waals surface area contributed by atoms with Gasteiger partial charge in [-0.25, -0.2) is 0 Å². The molecule has 2 heterocycles. The van der Waals surface area contributed by atoms with E-state index in [1.54, 1.807) is 11.3 Å². The van der Waals surface area contributed by atoms with Crippen molar-refractivity contribution in [1.82, 2.24) is 14.8 Å². The van der Waals surface area contributed by atoms with E-state index in [0.29, 0.717) is 5.16 Å². The SMILES string of the molecule is CCc1nnc(SCC(=O)O)n1CCc1cccs1. The molecule has 0 amide bonds. The highest BCUT2D eigenvalue weighted by Gasteiger charge is 2.12. The molecule has 0 aliphatic heterocycles. The fourth-order valence-electron chi connectivity index (χ4n) is 1.72. The summed E-state index contributed by atoms with van der Waals surface area (Å²) >= 11 is 2.95. The van der Waals surface area contributed by atoms with Crippen LogP contribution in [0.2, 0.25) is 0 Å². The second-order valence-corrected chi connectivity index (χ2v) is 5.89. The topological polar surface area (TPSA) is 68.0 Å². The standard InChI is InChI=1S/C12H15N3O2S2/c1-2-10-13-14-12(19-8-11(16)17)15(10)6-5-9-4-3-7-18-9/h3-4,7H,2,5-6,8H2,1H3,(H,16,17). The van der Waals surface area contributed by atoms with Gasteiger partial charge in [-0.05, 0) is 17.9 Å². The quantitative estimate of drug-likeness (QED) is 0.794. The van der Waals surface area contributed by atoms with E-state index in [0.717, 1.165) is 25.2 Å². The zero-order valence-corrected chi connectivity index (χ0v) is 12.2. The number of hydrogen-bond donors (Lipinski definition) is 1. The van der Waals surface area contributed by atoms with Crippen molar-refractivity contribution in [2.45, 2.75) is 31.5 Å². The number of aromatic nitrogens is 3. The van der Waals surface area contributed by atoms with Crippen LogP contribution < -0.4 is 0 Å². The lowest BCUT2D eigenvalue weighted by Gasteiger charge is -2.07. The number of carbonyl (C=O) groups is 1. The molecule has 0 aromatic carbocycles. The zero-order valence-electron chi connectivity index (χ0n) is 10.6. The van der Waals surface area contributed by atoms with E-state index in [2.05, 4.69) is 21.6 Å². The van der Waals surface area contributed by atoms with E-state index < -0.39 is 5.97 Å². The van der Waals surface area contributed by atoms with Gasteiger partial charge < -0.3 is 9.67 Å². The summed E-state index contributed by atoms with van der Waals surface area (Å²) in [6, 6.07) is 4.14.